The van der Waals surface area contributed by atoms with E-state index in [2.05, 4.69) is 13.8 Å². The summed E-state index contributed by atoms with van der Waals surface area (Å²) in [5, 5.41) is 0. The number of hydrogen-bond donors (Lipinski definition) is 0. The highest BCUT2D eigenvalue weighted by molar-refractivity contribution is 4.69. The molecule has 1 rings (SSSR count). The van der Waals surface area contributed by atoms with E-state index in [-0.39, 0.29) is 0 Å². The van der Waals surface area contributed by atoms with Gasteiger partial charge in [0.2, 0.25) is 0 Å². The molecule has 0 N–H and O–H groups in total. The van der Waals surface area contributed by atoms with E-state index >= 15 is 0 Å². The Morgan fingerprint density at radius 1 is 0.850 bits per heavy atom. The summed E-state index contributed by atoms with van der Waals surface area (Å²) in [4.78, 5) is 0. The number of unbranched alkanes of at least 4 members (excludes halogenated alkanes) is 9. The van der Waals surface area contributed by atoms with Crippen LogP contribution in [0.15, 0.2) is 0 Å². The fourth-order valence-electron chi connectivity index (χ4n) is 2.91. The van der Waals surface area contributed by atoms with Crippen molar-refractivity contribution in [2.24, 2.45) is 0 Å². The third-order valence-electron chi connectivity index (χ3n) is 4.27. The first kappa shape index (κ1) is 18.0. The zero-order valence-electron chi connectivity index (χ0n) is 13.9. The largest absolute Gasteiger partial charge is 0.379 e. The molecule has 1 aliphatic heterocycles. The maximum atomic E-state index is 5.74. The van der Waals surface area contributed by atoms with Crippen LogP contribution in [0.1, 0.15) is 90.9 Å². The first-order chi connectivity index (χ1) is 9.83. The smallest absolute Gasteiger partial charge is 0.0813 e. The predicted molar refractivity (Wildman–Crippen MR) is 86.2 cm³/mol. The minimum Gasteiger partial charge on any atom is -0.379 e. The Hall–Kier alpha value is -0.0800. The SMILES string of the molecule is CCCCCCCCCCCCOC[C@H]1CCC(C)O1. The molecule has 0 bridgehead atoms. The average Bonchev–Trinajstić information content (AvgIpc) is 2.86. The summed E-state index contributed by atoms with van der Waals surface area (Å²) in [5.74, 6) is 0. The summed E-state index contributed by atoms with van der Waals surface area (Å²) in [6.07, 6.45) is 17.1. The van der Waals surface area contributed by atoms with E-state index in [1.54, 1.807) is 0 Å². The van der Waals surface area contributed by atoms with Crippen LogP contribution in [0.3, 0.4) is 0 Å². The fraction of sp³-hybridized carbons (Fsp3) is 1.00. The average molecular weight is 284 g/mol. The Labute approximate surface area is 126 Å². The van der Waals surface area contributed by atoms with Crippen LogP contribution in [0.2, 0.25) is 0 Å². The Morgan fingerprint density at radius 3 is 2.00 bits per heavy atom. The van der Waals surface area contributed by atoms with Crippen LogP contribution >= 0.6 is 0 Å². The van der Waals surface area contributed by atoms with Gasteiger partial charge in [0, 0.05) is 6.61 Å². The molecule has 1 heterocycles. The molecule has 0 aromatic rings. The summed E-state index contributed by atoms with van der Waals surface area (Å²) in [6, 6.07) is 0. The Morgan fingerprint density at radius 2 is 1.45 bits per heavy atom. The van der Waals surface area contributed by atoms with Crippen molar-refractivity contribution in [3.8, 4) is 0 Å². The standard InChI is InChI=1S/C18H36O2/c1-3-4-5-6-7-8-9-10-11-12-15-19-16-18-14-13-17(2)20-18/h17-18H,3-16H2,1-2H3/t17?,18-/m1/s1. The molecule has 1 aliphatic rings. The highest BCUT2D eigenvalue weighted by atomic mass is 16.5. The van der Waals surface area contributed by atoms with Crippen LogP contribution in [0.4, 0.5) is 0 Å². The Kier molecular flexibility index (Phi) is 11.4. The topological polar surface area (TPSA) is 18.5 Å². The van der Waals surface area contributed by atoms with Gasteiger partial charge in [0.25, 0.3) is 0 Å². The van der Waals surface area contributed by atoms with E-state index in [9.17, 15) is 0 Å². The Balaban J connectivity index is 1.70. The molecule has 0 aromatic carbocycles. The molecule has 1 fully saturated rings. The first-order valence-electron chi connectivity index (χ1n) is 9.06. The van der Waals surface area contributed by atoms with Gasteiger partial charge < -0.3 is 9.47 Å². The van der Waals surface area contributed by atoms with E-state index in [0.717, 1.165) is 13.2 Å². The third-order valence-corrected chi connectivity index (χ3v) is 4.27. The lowest BCUT2D eigenvalue weighted by atomic mass is 10.1. The van der Waals surface area contributed by atoms with Gasteiger partial charge in [-0.05, 0) is 26.2 Å². The summed E-state index contributed by atoms with van der Waals surface area (Å²) < 4.78 is 11.4. The summed E-state index contributed by atoms with van der Waals surface area (Å²) in [7, 11) is 0. The first-order valence-corrected chi connectivity index (χ1v) is 9.06. The van der Waals surface area contributed by atoms with Crippen LogP contribution in [-0.4, -0.2) is 25.4 Å². The molecule has 1 saturated heterocycles. The van der Waals surface area contributed by atoms with Crippen molar-refractivity contribution < 1.29 is 9.47 Å². The van der Waals surface area contributed by atoms with Crippen molar-refractivity contribution >= 4 is 0 Å². The van der Waals surface area contributed by atoms with Gasteiger partial charge in [-0.2, -0.15) is 0 Å². The van der Waals surface area contributed by atoms with E-state index in [1.165, 1.54) is 77.0 Å². The number of rotatable bonds is 13. The van der Waals surface area contributed by atoms with E-state index in [1.807, 2.05) is 0 Å². The minimum absolute atomic E-state index is 0.369. The highest BCUT2D eigenvalue weighted by Crippen LogP contribution is 2.19. The minimum atomic E-state index is 0.369. The zero-order chi connectivity index (χ0) is 14.5. The lowest BCUT2D eigenvalue weighted by Gasteiger charge is -2.11. The van der Waals surface area contributed by atoms with Crippen molar-refractivity contribution in [3.05, 3.63) is 0 Å². The number of ether oxygens (including phenoxy) is 2. The van der Waals surface area contributed by atoms with E-state index in [0.29, 0.717) is 12.2 Å². The molecule has 0 amide bonds. The highest BCUT2D eigenvalue weighted by Gasteiger charge is 2.21. The molecule has 0 aliphatic carbocycles. The van der Waals surface area contributed by atoms with Crippen molar-refractivity contribution in [1.29, 1.82) is 0 Å². The molecule has 120 valence electrons. The summed E-state index contributed by atoms with van der Waals surface area (Å²) in [6.45, 7) is 6.16. The molecule has 2 heteroatoms. The second-order valence-corrected chi connectivity index (χ2v) is 6.40. The molecular formula is C18H36O2. The van der Waals surface area contributed by atoms with E-state index in [4.69, 9.17) is 9.47 Å². The van der Waals surface area contributed by atoms with Crippen LogP contribution in [-0.2, 0) is 9.47 Å². The predicted octanol–water partition coefficient (Wildman–Crippen LogP) is 5.49. The van der Waals surface area contributed by atoms with Crippen molar-refractivity contribution in [3.63, 3.8) is 0 Å². The zero-order valence-corrected chi connectivity index (χ0v) is 13.9. The van der Waals surface area contributed by atoms with Gasteiger partial charge in [-0.25, -0.2) is 0 Å². The van der Waals surface area contributed by atoms with Crippen LogP contribution < -0.4 is 0 Å². The van der Waals surface area contributed by atoms with Crippen molar-refractivity contribution in [1.82, 2.24) is 0 Å². The van der Waals surface area contributed by atoms with Gasteiger partial charge in [-0.3, -0.25) is 0 Å². The van der Waals surface area contributed by atoms with Gasteiger partial charge in [0.05, 0.1) is 18.8 Å². The summed E-state index contributed by atoms with van der Waals surface area (Å²) >= 11 is 0. The molecule has 1 unspecified atom stereocenters. The summed E-state index contributed by atoms with van der Waals surface area (Å²) in [5.41, 5.74) is 0. The quantitative estimate of drug-likeness (QED) is 0.416. The fourth-order valence-corrected chi connectivity index (χ4v) is 2.91. The normalized spacial score (nSPS) is 22.5. The molecule has 0 spiro atoms. The van der Waals surface area contributed by atoms with Crippen molar-refractivity contribution in [2.45, 2.75) is 103 Å². The third kappa shape index (κ3) is 9.77. The Bertz CT molecular complexity index is 206. The molecule has 0 saturated carbocycles. The van der Waals surface area contributed by atoms with Gasteiger partial charge in [-0.15, -0.1) is 0 Å². The van der Waals surface area contributed by atoms with Gasteiger partial charge in [-0.1, -0.05) is 64.7 Å². The van der Waals surface area contributed by atoms with Crippen LogP contribution in [0.25, 0.3) is 0 Å². The lowest BCUT2D eigenvalue weighted by Crippen LogP contribution is -2.16. The monoisotopic (exact) mass is 284 g/mol. The number of hydrogen-bond acceptors (Lipinski definition) is 2. The van der Waals surface area contributed by atoms with Gasteiger partial charge in [0.1, 0.15) is 0 Å². The second-order valence-electron chi connectivity index (χ2n) is 6.40. The van der Waals surface area contributed by atoms with E-state index < -0.39 is 0 Å². The maximum absolute atomic E-state index is 5.74. The van der Waals surface area contributed by atoms with Gasteiger partial charge in [0.15, 0.2) is 0 Å². The molecule has 0 radical (unpaired) electrons. The van der Waals surface area contributed by atoms with Gasteiger partial charge >= 0.3 is 0 Å². The molecular weight excluding hydrogens is 248 g/mol. The molecule has 20 heavy (non-hydrogen) atoms. The molecule has 2 atom stereocenters. The second kappa shape index (κ2) is 12.6. The van der Waals surface area contributed by atoms with Crippen LogP contribution in [0.5, 0.6) is 0 Å². The lowest BCUT2D eigenvalue weighted by molar-refractivity contribution is -0.00989. The molecule has 0 aromatic heterocycles. The molecule has 2 nitrogen and oxygen atoms in total. The maximum Gasteiger partial charge on any atom is 0.0813 e. The van der Waals surface area contributed by atoms with Crippen LogP contribution in [0, 0.1) is 0 Å². The van der Waals surface area contributed by atoms with Crippen molar-refractivity contribution in [2.75, 3.05) is 13.2 Å².